The normalized spacial score (nSPS) is 17.1. The van der Waals surface area contributed by atoms with Gasteiger partial charge in [0.15, 0.2) is 5.78 Å². The average molecular weight is 363 g/mol. The molecular weight excluding hydrogens is 338 g/mol. The fourth-order valence-corrected chi connectivity index (χ4v) is 3.24. The molecule has 1 amide bonds. The quantitative estimate of drug-likeness (QED) is 0.695. The van der Waals surface area contributed by atoms with Crippen LogP contribution in [0.15, 0.2) is 60.7 Å². The summed E-state index contributed by atoms with van der Waals surface area (Å²) in [6, 6.07) is 17.3. The number of ether oxygens (including phenoxy) is 1. The van der Waals surface area contributed by atoms with Gasteiger partial charge in [-0.15, -0.1) is 0 Å². The Morgan fingerprint density at radius 3 is 2.52 bits per heavy atom. The lowest BCUT2D eigenvalue weighted by Crippen LogP contribution is -2.42. The lowest BCUT2D eigenvalue weighted by atomic mass is 10.0. The third-order valence-electron chi connectivity index (χ3n) is 4.82. The second kappa shape index (κ2) is 9.17. The zero-order valence-electron chi connectivity index (χ0n) is 15.6. The Balaban J connectivity index is 1.62. The van der Waals surface area contributed by atoms with Crippen LogP contribution in [0.4, 0.5) is 4.79 Å². The van der Waals surface area contributed by atoms with Crippen LogP contribution >= 0.6 is 0 Å². The van der Waals surface area contributed by atoms with E-state index in [4.69, 9.17) is 4.74 Å². The number of carbonyl (C=O) groups excluding carboxylic acids is 2. The Kier molecular flexibility index (Phi) is 6.42. The smallest absolute Gasteiger partial charge is 0.410 e. The molecule has 4 nitrogen and oxygen atoms in total. The van der Waals surface area contributed by atoms with Gasteiger partial charge in [-0.05, 0) is 37.3 Å². The first-order valence-electron chi connectivity index (χ1n) is 9.40. The summed E-state index contributed by atoms with van der Waals surface area (Å²) in [6.45, 7) is 2.57. The SMILES string of the molecule is CC(=O)c1ccc(/C=C/[C@@H]2CCCCN2C(=O)OCc2ccccc2)cc1. The third kappa shape index (κ3) is 5.30. The van der Waals surface area contributed by atoms with Gasteiger partial charge in [0.05, 0.1) is 6.04 Å². The van der Waals surface area contributed by atoms with Crippen molar-refractivity contribution in [1.29, 1.82) is 0 Å². The van der Waals surface area contributed by atoms with Crippen molar-refractivity contribution >= 4 is 18.0 Å². The molecular formula is C23H25NO3. The maximum Gasteiger partial charge on any atom is 0.410 e. The molecule has 1 aliphatic heterocycles. The molecule has 1 heterocycles. The summed E-state index contributed by atoms with van der Waals surface area (Å²) in [7, 11) is 0. The number of rotatable bonds is 5. The van der Waals surface area contributed by atoms with Gasteiger partial charge in [-0.25, -0.2) is 4.79 Å². The molecule has 4 heteroatoms. The molecule has 0 spiro atoms. The van der Waals surface area contributed by atoms with Crippen molar-refractivity contribution in [3.8, 4) is 0 Å². The van der Waals surface area contributed by atoms with E-state index in [1.54, 1.807) is 6.92 Å². The summed E-state index contributed by atoms with van der Waals surface area (Å²) in [5.74, 6) is 0.0603. The van der Waals surface area contributed by atoms with Crippen LogP contribution in [0.2, 0.25) is 0 Å². The Morgan fingerprint density at radius 2 is 1.81 bits per heavy atom. The topological polar surface area (TPSA) is 46.6 Å². The minimum absolute atomic E-state index is 0.0366. The average Bonchev–Trinajstić information content (AvgIpc) is 2.71. The molecule has 2 aromatic carbocycles. The van der Waals surface area contributed by atoms with E-state index in [2.05, 4.69) is 6.08 Å². The van der Waals surface area contributed by atoms with Crippen molar-refractivity contribution in [1.82, 2.24) is 4.90 Å². The highest BCUT2D eigenvalue weighted by atomic mass is 16.6. The van der Waals surface area contributed by atoms with Crippen LogP contribution in [0, 0.1) is 0 Å². The van der Waals surface area contributed by atoms with Gasteiger partial charge in [0, 0.05) is 12.1 Å². The summed E-state index contributed by atoms with van der Waals surface area (Å²) >= 11 is 0. The molecule has 0 unspecified atom stereocenters. The van der Waals surface area contributed by atoms with E-state index in [1.807, 2.05) is 65.6 Å². The minimum atomic E-state index is -0.264. The monoisotopic (exact) mass is 363 g/mol. The number of likely N-dealkylation sites (tertiary alicyclic amines) is 1. The molecule has 0 N–H and O–H groups in total. The van der Waals surface area contributed by atoms with Crippen LogP contribution in [-0.2, 0) is 11.3 Å². The van der Waals surface area contributed by atoms with E-state index < -0.39 is 0 Å². The lowest BCUT2D eigenvalue weighted by molar-refractivity contribution is 0.0776. The van der Waals surface area contributed by atoms with Gasteiger partial charge in [0.2, 0.25) is 0 Å². The summed E-state index contributed by atoms with van der Waals surface area (Å²) in [4.78, 5) is 25.7. The Hall–Kier alpha value is -2.88. The number of Topliss-reactive ketones (excluding diaryl/α,β-unsaturated/α-hetero) is 1. The fourth-order valence-electron chi connectivity index (χ4n) is 3.24. The summed E-state index contributed by atoms with van der Waals surface area (Å²) in [5, 5.41) is 0. The van der Waals surface area contributed by atoms with Crippen molar-refractivity contribution in [2.75, 3.05) is 6.54 Å². The number of hydrogen-bond donors (Lipinski definition) is 0. The van der Waals surface area contributed by atoms with E-state index in [1.165, 1.54) is 0 Å². The van der Waals surface area contributed by atoms with Crippen molar-refractivity contribution < 1.29 is 14.3 Å². The molecule has 0 aliphatic carbocycles. The number of nitrogens with zero attached hydrogens (tertiary/aromatic N) is 1. The highest BCUT2D eigenvalue weighted by Gasteiger charge is 2.25. The van der Waals surface area contributed by atoms with E-state index in [0.717, 1.165) is 30.4 Å². The molecule has 0 bridgehead atoms. The first-order chi connectivity index (χ1) is 13.1. The molecule has 2 aromatic rings. The van der Waals surface area contributed by atoms with E-state index >= 15 is 0 Å². The van der Waals surface area contributed by atoms with Crippen molar-refractivity contribution in [3.05, 3.63) is 77.4 Å². The van der Waals surface area contributed by atoms with Gasteiger partial charge < -0.3 is 9.64 Å². The Bertz CT molecular complexity index is 796. The predicted octanol–water partition coefficient (Wildman–Crippen LogP) is 5.09. The molecule has 27 heavy (non-hydrogen) atoms. The second-order valence-corrected chi connectivity index (χ2v) is 6.83. The molecule has 0 aromatic heterocycles. The molecule has 0 radical (unpaired) electrons. The summed E-state index contributed by atoms with van der Waals surface area (Å²) in [5.41, 5.74) is 2.71. The van der Waals surface area contributed by atoms with Gasteiger partial charge in [-0.3, -0.25) is 4.79 Å². The fraction of sp³-hybridized carbons (Fsp3) is 0.304. The van der Waals surface area contributed by atoms with Crippen molar-refractivity contribution in [2.45, 2.75) is 38.8 Å². The molecule has 1 saturated heterocycles. The standard InChI is InChI=1S/C23H25NO3/c1-18(25)21-13-10-19(11-14-21)12-15-22-9-5-6-16-24(22)23(26)27-17-20-7-3-2-4-8-20/h2-4,7-8,10-15,22H,5-6,9,16-17H2,1H3/b15-12+/t22-/m0/s1. The molecule has 140 valence electrons. The van der Waals surface area contributed by atoms with Crippen LogP contribution < -0.4 is 0 Å². The second-order valence-electron chi connectivity index (χ2n) is 6.83. The lowest BCUT2D eigenvalue weighted by Gasteiger charge is -2.33. The van der Waals surface area contributed by atoms with Gasteiger partial charge in [-0.1, -0.05) is 66.7 Å². The maximum atomic E-state index is 12.5. The third-order valence-corrected chi connectivity index (χ3v) is 4.82. The molecule has 1 fully saturated rings. The van der Waals surface area contributed by atoms with Crippen LogP contribution in [0.3, 0.4) is 0 Å². The first kappa shape index (κ1) is 18.9. The highest BCUT2D eigenvalue weighted by Crippen LogP contribution is 2.21. The largest absolute Gasteiger partial charge is 0.445 e. The molecule has 3 rings (SSSR count). The maximum absolute atomic E-state index is 12.5. The number of amides is 1. The number of benzene rings is 2. The number of piperidine rings is 1. The number of hydrogen-bond acceptors (Lipinski definition) is 3. The minimum Gasteiger partial charge on any atom is -0.445 e. The molecule has 1 aliphatic rings. The Labute approximate surface area is 160 Å². The molecule has 1 atom stereocenters. The molecule has 0 saturated carbocycles. The highest BCUT2D eigenvalue weighted by molar-refractivity contribution is 5.94. The van der Waals surface area contributed by atoms with Gasteiger partial charge >= 0.3 is 6.09 Å². The van der Waals surface area contributed by atoms with Crippen molar-refractivity contribution in [2.24, 2.45) is 0 Å². The van der Waals surface area contributed by atoms with Gasteiger partial charge in [0.1, 0.15) is 6.61 Å². The van der Waals surface area contributed by atoms with Crippen LogP contribution in [0.1, 0.15) is 47.7 Å². The number of ketones is 1. The van der Waals surface area contributed by atoms with Gasteiger partial charge in [0.25, 0.3) is 0 Å². The van der Waals surface area contributed by atoms with E-state index in [9.17, 15) is 9.59 Å². The van der Waals surface area contributed by atoms with Crippen LogP contribution in [0.5, 0.6) is 0 Å². The zero-order chi connectivity index (χ0) is 19.1. The summed E-state index contributed by atoms with van der Waals surface area (Å²) < 4.78 is 5.51. The Morgan fingerprint density at radius 1 is 1.07 bits per heavy atom. The van der Waals surface area contributed by atoms with Gasteiger partial charge in [-0.2, -0.15) is 0 Å². The van der Waals surface area contributed by atoms with E-state index in [0.29, 0.717) is 18.7 Å². The predicted molar refractivity (Wildman–Crippen MR) is 106 cm³/mol. The first-order valence-corrected chi connectivity index (χ1v) is 9.40. The zero-order valence-corrected chi connectivity index (χ0v) is 15.6. The van der Waals surface area contributed by atoms with Crippen LogP contribution in [-0.4, -0.2) is 29.4 Å². The van der Waals surface area contributed by atoms with E-state index in [-0.39, 0.29) is 17.9 Å². The summed E-state index contributed by atoms with van der Waals surface area (Å²) in [6.07, 6.45) is 6.84. The van der Waals surface area contributed by atoms with Crippen molar-refractivity contribution in [3.63, 3.8) is 0 Å². The number of carbonyl (C=O) groups is 2. The van der Waals surface area contributed by atoms with Crippen LogP contribution in [0.25, 0.3) is 6.08 Å².